The van der Waals surface area contributed by atoms with Crippen LogP contribution < -0.4 is 16.0 Å². The third-order valence-electron chi connectivity index (χ3n) is 3.78. The first-order valence-corrected chi connectivity index (χ1v) is 8.42. The summed E-state index contributed by atoms with van der Waals surface area (Å²) in [4.78, 5) is 37.4. The highest BCUT2D eigenvalue weighted by molar-refractivity contribution is 5.97. The van der Waals surface area contributed by atoms with Crippen molar-refractivity contribution in [3.8, 4) is 0 Å². The average molecular weight is 342 g/mol. The second-order valence-corrected chi connectivity index (χ2v) is 7.04. The molecule has 0 unspecified atom stereocenters. The number of imide groups is 1. The fraction of sp³-hybridized carbons (Fsp3) is 0.812. The molecular weight excluding hydrogens is 312 g/mol. The molecule has 0 aromatic rings. The average Bonchev–Trinajstić information content (AvgIpc) is 2.45. The van der Waals surface area contributed by atoms with E-state index in [2.05, 4.69) is 16.0 Å². The molecule has 8 heteroatoms. The summed E-state index contributed by atoms with van der Waals surface area (Å²) in [7, 11) is 0. The van der Waals surface area contributed by atoms with E-state index in [4.69, 9.17) is 4.74 Å². The normalized spacial score (nSPS) is 17.7. The lowest BCUT2D eigenvalue weighted by atomic mass is 10.0. The number of rotatable bonds is 4. The van der Waals surface area contributed by atoms with Crippen LogP contribution >= 0.6 is 0 Å². The number of carbonyl (C=O) groups excluding carboxylic acids is 3. The van der Waals surface area contributed by atoms with Crippen molar-refractivity contribution >= 4 is 18.0 Å². The number of nitrogens with one attached hydrogen (secondary N) is 3. The van der Waals surface area contributed by atoms with Gasteiger partial charge in [-0.3, -0.25) is 15.0 Å². The van der Waals surface area contributed by atoms with E-state index >= 15 is 0 Å². The predicted molar refractivity (Wildman–Crippen MR) is 90.6 cm³/mol. The van der Waals surface area contributed by atoms with Gasteiger partial charge in [-0.25, -0.2) is 9.59 Å². The number of alkyl carbamates (subject to hydrolysis) is 1. The fourth-order valence-corrected chi connectivity index (χ4v) is 2.52. The first-order chi connectivity index (χ1) is 11.1. The molecule has 0 aromatic carbocycles. The van der Waals surface area contributed by atoms with Gasteiger partial charge in [0.05, 0.1) is 12.6 Å². The van der Waals surface area contributed by atoms with Crippen LogP contribution in [0.25, 0.3) is 0 Å². The van der Waals surface area contributed by atoms with Gasteiger partial charge in [0.15, 0.2) is 0 Å². The van der Waals surface area contributed by atoms with E-state index in [0.29, 0.717) is 19.7 Å². The quantitative estimate of drug-likeness (QED) is 0.713. The molecule has 0 bridgehead atoms. The molecule has 1 fully saturated rings. The first kappa shape index (κ1) is 20.2. The van der Waals surface area contributed by atoms with Crippen molar-refractivity contribution < 1.29 is 19.1 Å². The SMILES string of the molecule is CCOC(=O)NC1CCN([C@H](C)C(=O)NC(=O)NC(C)(C)C)CC1. The van der Waals surface area contributed by atoms with Crippen molar-refractivity contribution in [2.75, 3.05) is 19.7 Å². The molecule has 1 heterocycles. The van der Waals surface area contributed by atoms with Crippen molar-refractivity contribution in [1.29, 1.82) is 0 Å². The molecule has 0 radical (unpaired) electrons. The van der Waals surface area contributed by atoms with Crippen molar-refractivity contribution in [3.05, 3.63) is 0 Å². The summed E-state index contributed by atoms with van der Waals surface area (Å²) >= 11 is 0. The van der Waals surface area contributed by atoms with Crippen molar-refractivity contribution in [2.24, 2.45) is 0 Å². The number of likely N-dealkylation sites (tertiary alicyclic amines) is 1. The highest BCUT2D eigenvalue weighted by atomic mass is 16.5. The Bertz CT molecular complexity index is 453. The van der Waals surface area contributed by atoms with Gasteiger partial charge >= 0.3 is 12.1 Å². The Morgan fingerprint density at radius 2 is 1.79 bits per heavy atom. The van der Waals surface area contributed by atoms with E-state index in [1.807, 2.05) is 25.7 Å². The highest BCUT2D eigenvalue weighted by Gasteiger charge is 2.28. The topological polar surface area (TPSA) is 99.8 Å². The minimum Gasteiger partial charge on any atom is -0.450 e. The number of nitrogens with zero attached hydrogens (tertiary/aromatic N) is 1. The molecule has 1 aliphatic heterocycles. The van der Waals surface area contributed by atoms with Crippen LogP contribution in [-0.4, -0.2) is 60.3 Å². The first-order valence-electron chi connectivity index (χ1n) is 8.42. The summed E-state index contributed by atoms with van der Waals surface area (Å²) in [6.45, 7) is 10.8. The molecule has 1 atom stereocenters. The number of piperidine rings is 1. The summed E-state index contributed by atoms with van der Waals surface area (Å²) in [5.41, 5.74) is -0.398. The zero-order chi connectivity index (χ0) is 18.3. The minimum atomic E-state index is -0.488. The highest BCUT2D eigenvalue weighted by Crippen LogP contribution is 2.13. The second-order valence-electron chi connectivity index (χ2n) is 7.04. The number of hydrogen-bond acceptors (Lipinski definition) is 5. The third kappa shape index (κ3) is 7.16. The molecule has 0 saturated carbocycles. The van der Waals surface area contributed by atoms with E-state index in [-0.39, 0.29) is 11.9 Å². The molecular formula is C16H30N4O4. The van der Waals surface area contributed by atoms with Crippen LogP contribution in [0.3, 0.4) is 0 Å². The Labute approximate surface area is 143 Å². The largest absolute Gasteiger partial charge is 0.450 e. The van der Waals surface area contributed by atoms with Crippen LogP contribution in [0, 0.1) is 0 Å². The van der Waals surface area contributed by atoms with Crippen LogP contribution in [-0.2, 0) is 9.53 Å². The van der Waals surface area contributed by atoms with E-state index in [0.717, 1.165) is 12.8 Å². The molecule has 1 saturated heterocycles. The van der Waals surface area contributed by atoms with Gasteiger partial charge in [0.25, 0.3) is 0 Å². The Balaban J connectivity index is 2.39. The van der Waals surface area contributed by atoms with Crippen molar-refractivity contribution in [3.63, 3.8) is 0 Å². The smallest absolute Gasteiger partial charge is 0.407 e. The van der Waals surface area contributed by atoms with Gasteiger partial charge in [0.1, 0.15) is 0 Å². The number of amides is 4. The lowest BCUT2D eigenvalue weighted by Crippen LogP contribution is -2.55. The van der Waals surface area contributed by atoms with Gasteiger partial charge in [0.2, 0.25) is 5.91 Å². The molecule has 0 aliphatic carbocycles. The third-order valence-corrected chi connectivity index (χ3v) is 3.78. The molecule has 1 rings (SSSR count). The van der Waals surface area contributed by atoms with Gasteiger partial charge in [-0.1, -0.05) is 0 Å². The number of carbonyl (C=O) groups is 3. The van der Waals surface area contributed by atoms with E-state index in [1.54, 1.807) is 13.8 Å². The van der Waals surface area contributed by atoms with Crippen LogP contribution in [0.4, 0.5) is 9.59 Å². The van der Waals surface area contributed by atoms with Gasteiger partial charge in [-0.15, -0.1) is 0 Å². The van der Waals surface area contributed by atoms with Crippen LogP contribution in [0.15, 0.2) is 0 Å². The molecule has 3 N–H and O–H groups in total. The van der Waals surface area contributed by atoms with Crippen LogP contribution in [0.2, 0.25) is 0 Å². The maximum atomic E-state index is 12.2. The standard InChI is InChI=1S/C16H30N4O4/c1-6-24-15(23)17-12-7-9-20(10-8-12)11(2)13(21)18-14(22)19-16(3,4)5/h11-12H,6-10H2,1-5H3,(H,17,23)(H2,18,19,21,22)/t11-/m1/s1. The van der Waals surface area contributed by atoms with Gasteiger partial charge < -0.3 is 15.4 Å². The van der Waals surface area contributed by atoms with E-state index in [9.17, 15) is 14.4 Å². The number of ether oxygens (including phenoxy) is 1. The summed E-state index contributed by atoms with van der Waals surface area (Å²) in [5.74, 6) is -0.325. The monoisotopic (exact) mass is 342 g/mol. The predicted octanol–water partition coefficient (Wildman–Crippen LogP) is 1.21. The molecule has 24 heavy (non-hydrogen) atoms. The van der Waals surface area contributed by atoms with E-state index < -0.39 is 23.7 Å². The van der Waals surface area contributed by atoms with Gasteiger partial charge in [0, 0.05) is 24.7 Å². The summed E-state index contributed by atoms with van der Waals surface area (Å²) in [6.07, 6.45) is 1.08. The fourth-order valence-electron chi connectivity index (χ4n) is 2.52. The molecule has 1 aliphatic rings. The lowest BCUT2D eigenvalue weighted by molar-refractivity contribution is -0.125. The number of urea groups is 1. The molecule has 4 amide bonds. The Morgan fingerprint density at radius 3 is 2.29 bits per heavy atom. The molecule has 0 aromatic heterocycles. The Morgan fingerprint density at radius 1 is 1.21 bits per heavy atom. The maximum absolute atomic E-state index is 12.2. The summed E-state index contributed by atoms with van der Waals surface area (Å²) in [5, 5.41) is 7.88. The van der Waals surface area contributed by atoms with Crippen molar-refractivity contribution in [1.82, 2.24) is 20.9 Å². The maximum Gasteiger partial charge on any atom is 0.407 e. The molecule has 0 spiro atoms. The number of hydrogen-bond donors (Lipinski definition) is 3. The summed E-state index contributed by atoms with van der Waals surface area (Å²) < 4.78 is 4.87. The van der Waals surface area contributed by atoms with Crippen LogP contribution in [0.1, 0.15) is 47.5 Å². The zero-order valence-electron chi connectivity index (χ0n) is 15.3. The molecule has 8 nitrogen and oxygen atoms in total. The van der Waals surface area contributed by atoms with Gasteiger partial charge in [-0.05, 0) is 47.5 Å². The molecule has 138 valence electrons. The lowest BCUT2D eigenvalue weighted by Gasteiger charge is -2.35. The van der Waals surface area contributed by atoms with Crippen LogP contribution in [0.5, 0.6) is 0 Å². The van der Waals surface area contributed by atoms with Gasteiger partial charge in [-0.2, -0.15) is 0 Å². The Hall–Kier alpha value is -1.83. The summed E-state index contributed by atoms with van der Waals surface area (Å²) in [6, 6.07) is -0.836. The Kier molecular flexibility index (Phi) is 7.47. The minimum absolute atomic E-state index is 0.0553. The second kappa shape index (κ2) is 8.86. The van der Waals surface area contributed by atoms with E-state index in [1.165, 1.54) is 0 Å². The zero-order valence-corrected chi connectivity index (χ0v) is 15.3. The van der Waals surface area contributed by atoms with Crippen molar-refractivity contribution in [2.45, 2.75) is 65.1 Å².